The van der Waals surface area contributed by atoms with Gasteiger partial charge in [-0.15, -0.1) is 0 Å². The van der Waals surface area contributed by atoms with Crippen LogP contribution in [0.4, 0.5) is 5.69 Å². The molecule has 0 saturated heterocycles. The average Bonchev–Trinajstić information content (AvgIpc) is 2.85. The number of carbonyl (C=O) groups excluding carboxylic acids is 2. The number of methoxy groups -OCH3 is 1. The lowest BCUT2D eigenvalue weighted by molar-refractivity contribution is -0.141. The third-order valence-corrected chi connectivity index (χ3v) is 7.14. The number of nitrogens with zero attached hydrogens (tertiary/aromatic N) is 2. The van der Waals surface area contributed by atoms with Crippen LogP contribution >= 0.6 is 11.6 Å². The van der Waals surface area contributed by atoms with Crippen molar-refractivity contribution in [2.24, 2.45) is 0 Å². The minimum Gasteiger partial charge on any atom is -0.497 e. The van der Waals surface area contributed by atoms with E-state index in [0.29, 0.717) is 29.4 Å². The molecular weight excluding hydrogens is 502 g/mol. The lowest BCUT2D eigenvalue weighted by Crippen LogP contribution is -2.49. The smallest absolute Gasteiger partial charge is 0.242 e. The van der Waals surface area contributed by atoms with Gasteiger partial charge in [0.15, 0.2) is 0 Å². The Morgan fingerprint density at radius 3 is 2.39 bits per heavy atom. The SMILES string of the molecule is CCCNC(=O)C(CC)N(Cc1ccc(Cl)cc1)C(=O)CCCN(c1cccc(OC)c1)S(C)(=O)=O. The predicted molar refractivity (Wildman–Crippen MR) is 144 cm³/mol. The van der Waals surface area contributed by atoms with E-state index >= 15 is 0 Å². The van der Waals surface area contributed by atoms with Crippen molar-refractivity contribution in [2.45, 2.75) is 52.1 Å². The van der Waals surface area contributed by atoms with Crippen LogP contribution in [0.1, 0.15) is 45.1 Å². The van der Waals surface area contributed by atoms with Crippen molar-refractivity contribution >= 4 is 39.1 Å². The Balaban J connectivity index is 2.20. The van der Waals surface area contributed by atoms with E-state index in [1.807, 2.05) is 26.0 Å². The third-order valence-electron chi connectivity index (χ3n) is 5.69. The molecule has 198 valence electrons. The van der Waals surface area contributed by atoms with Crippen LogP contribution in [0.5, 0.6) is 5.75 Å². The van der Waals surface area contributed by atoms with Gasteiger partial charge in [-0.05, 0) is 49.1 Å². The summed E-state index contributed by atoms with van der Waals surface area (Å²) in [6.45, 7) is 4.73. The molecule has 0 aliphatic heterocycles. The quantitative estimate of drug-likeness (QED) is 0.389. The zero-order valence-corrected chi connectivity index (χ0v) is 22.9. The maximum absolute atomic E-state index is 13.4. The summed E-state index contributed by atoms with van der Waals surface area (Å²) < 4.78 is 31.4. The van der Waals surface area contributed by atoms with Gasteiger partial charge in [-0.2, -0.15) is 0 Å². The molecule has 2 rings (SSSR count). The van der Waals surface area contributed by atoms with Gasteiger partial charge < -0.3 is 15.0 Å². The fraction of sp³-hybridized carbons (Fsp3) is 0.462. The molecule has 0 heterocycles. The van der Waals surface area contributed by atoms with Gasteiger partial charge >= 0.3 is 0 Å². The van der Waals surface area contributed by atoms with Crippen LogP contribution in [0.25, 0.3) is 0 Å². The summed E-state index contributed by atoms with van der Waals surface area (Å²) in [7, 11) is -2.07. The second kappa shape index (κ2) is 14.1. The first-order valence-electron chi connectivity index (χ1n) is 12.0. The van der Waals surface area contributed by atoms with Gasteiger partial charge in [0.2, 0.25) is 21.8 Å². The van der Waals surface area contributed by atoms with E-state index < -0.39 is 16.1 Å². The minimum atomic E-state index is -3.58. The summed E-state index contributed by atoms with van der Waals surface area (Å²) in [6, 6.07) is 13.3. The molecule has 0 fully saturated rings. The first-order chi connectivity index (χ1) is 17.1. The number of hydrogen-bond acceptors (Lipinski definition) is 5. The van der Waals surface area contributed by atoms with Crippen LogP contribution in [0.15, 0.2) is 48.5 Å². The molecule has 0 aromatic heterocycles. The number of ether oxygens (including phenoxy) is 1. The van der Waals surface area contributed by atoms with E-state index in [2.05, 4.69) is 5.32 Å². The topological polar surface area (TPSA) is 96.0 Å². The van der Waals surface area contributed by atoms with E-state index in [9.17, 15) is 18.0 Å². The number of nitrogens with one attached hydrogen (secondary N) is 1. The summed E-state index contributed by atoms with van der Waals surface area (Å²) >= 11 is 6.01. The number of sulfonamides is 1. The van der Waals surface area contributed by atoms with Crippen LogP contribution < -0.4 is 14.4 Å². The molecule has 1 atom stereocenters. The van der Waals surface area contributed by atoms with Gasteiger partial charge in [0.05, 0.1) is 19.1 Å². The average molecular weight is 538 g/mol. The van der Waals surface area contributed by atoms with Gasteiger partial charge in [0.1, 0.15) is 11.8 Å². The standard InChI is InChI=1S/C26H36ClN3O5S/c1-5-16-28-26(32)24(6-2)29(19-20-12-14-21(27)15-13-20)25(31)11-8-17-30(36(4,33)34)22-9-7-10-23(18-22)35-3/h7,9-10,12-15,18,24H,5-6,8,11,16-17,19H2,1-4H3,(H,28,32). The van der Waals surface area contributed by atoms with E-state index in [1.54, 1.807) is 41.3 Å². The fourth-order valence-corrected chi connectivity index (χ4v) is 4.92. The van der Waals surface area contributed by atoms with Gasteiger partial charge in [0.25, 0.3) is 0 Å². The highest BCUT2D eigenvalue weighted by atomic mass is 35.5. The molecule has 8 nitrogen and oxygen atoms in total. The molecule has 0 bridgehead atoms. The molecule has 36 heavy (non-hydrogen) atoms. The molecule has 1 N–H and O–H groups in total. The molecule has 1 unspecified atom stereocenters. The Bertz CT molecular complexity index is 1110. The second-order valence-electron chi connectivity index (χ2n) is 8.50. The van der Waals surface area contributed by atoms with E-state index in [-0.39, 0.29) is 37.7 Å². The van der Waals surface area contributed by atoms with Gasteiger partial charge in [-0.25, -0.2) is 8.42 Å². The molecule has 2 aromatic carbocycles. The van der Waals surface area contributed by atoms with Crippen molar-refractivity contribution in [1.29, 1.82) is 0 Å². The molecule has 0 aliphatic rings. The lowest BCUT2D eigenvalue weighted by atomic mass is 10.1. The predicted octanol–water partition coefficient (Wildman–Crippen LogP) is 4.23. The van der Waals surface area contributed by atoms with E-state index in [1.165, 1.54) is 11.4 Å². The number of rotatable bonds is 14. The minimum absolute atomic E-state index is 0.0845. The number of carbonyl (C=O) groups is 2. The van der Waals surface area contributed by atoms with Crippen molar-refractivity contribution in [3.05, 3.63) is 59.1 Å². The van der Waals surface area contributed by atoms with E-state index in [0.717, 1.165) is 18.2 Å². The lowest BCUT2D eigenvalue weighted by Gasteiger charge is -2.31. The number of hydrogen-bond donors (Lipinski definition) is 1. The molecule has 2 amide bonds. The first-order valence-corrected chi connectivity index (χ1v) is 14.3. The van der Waals surface area contributed by atoms with Crippen LogP contribution in [0, 0.1) is 0 Å². The number of amides is 2. The molecular formula is C26H36ClN3O5S. The highest BCUT2D eigenvalue weighted by molar-refractivity contribution is 7.92. The Hall–Kier alpha value is -2.78. The third kappa shape index (κ3) is 8.71. The monoisotopic (exact) mass is 537 g/mol. The zero-order chi connectivity index (χ0) is 26.7. The summed E-state index contributed by atoms with van der Waals surface area (Å²) in [5, 5.41) is 3.47. The van der Waals surface area contributed by atoms with Crippen LogP contribution in [-0.4, -0.2) is 57.6 Å². The molecule has 0 aliphatic carbocycles. The van der Waals surface area contributed by atoms with Crippen molar-refractivity contribution in [3.8, 4) is 5.75 Å². The van der Waals surface area contributed by atoms with E-state index in [4.69, 9.17) is 16.3 Å². The zero-order valence-electron chi connectivity index (χ0n) is 21.4. The second-order valence-corrected chi connectivity index (χ2v) is 10.8. The summed E-state index contributed by atoms with van der Waals surface area (Å²) in [5.41, 5.74) is 1.32. The molecule has 10 heteroatoms. The molecule has 0 saturated carbocycles. The van der Waals surface area contributed by atoms with Crippen molar-refractivity contribution in [2.75, 3.05) is 30.8 Å². The maximum atomic E-state index is 13.4. The highest BCUT2D eigenvalue weighted by Gasteiger charge is 2.28. The number of halogens is 1. The number of benzene rings is 2. The van der Waals surface area contributed by atoms with Crippen LogP contribution in [-0.2, 0) is 26.2 Å². The van der Waals surface area contributed by atoms with Crippen LogP contribution in [0.3, 0.4) is 0 Å². The van der Waals surface area contributed by atoms with Gasteiger partial charge in [-0.1, -0.05) is 43.6 Å². The highest BCUT2D eigenvalue weighted by Crippen LogP contribution is 2.24. The van der Waals surface area contributed by atoms with Gasteiger partial charge in [-0.3, -0.25) is 13.9 Å². The largest absolute Gasteiger partial charge is 0.497 e. The Morgan fingerprint density at radius 1 is 1.11 bits per heavy atom. The normalized spacial score (nSPS) is 12.0. The van der Waals surface area contributed by atoms with Crippen molar-refractivity contribution < 1.29 is 22.7 Å². The first kappa shape index (κ1) is 29.5. The van der Waals surface area contributed by atoms with Crippen LogP contribution in [0.2, 0.25) is 5.02 Å². The van der Waals surface area contributed by atoms with Crippen molar-refractivity contribution in [1.82, 2.24) is 10.2 Å². The maximum Gasteiger partial charge on any atom is 0.242 e. The Kier molecular flexibility index (Phi) is 11.5. The fourth-order valence-electron chi connectivity index (χ4n) is 3.84. The summed E-state index contributed by atoms with van der Waals surface area (Å²) in [6.07, 6.45) is 2.74. The summed E-state index contributed by atoms with van der Waals surface area (Å²) in [4.78, 5) is 27.8. The molecule has 0 spiro atoms. The van der Waals surface area contributed by atoms with Gasteiger partial charge in [0, 0.05) is 37.1 Å². The Morgan fingerprint density at radius 2 is 1.81 bits per heavy atom. The Labute approximate surface area is 219 Å². The molecule has 2 aromatic rings. The molecule has 0 radical (unpaired) electrons. The summed E-state index contributed by atoms with van der Waals surface area (Å²) in [5.74, 6) is 0.119. The number of anilines is 1. The van der Waals surface area contributed by atoms with Crippen molar-refractivity contribution in [3.63, 3.8) is 0 Å².